The Bertz CT molecular complexity index is 275. The molecule has 0 aliphatic rings. The van der Waals surface area contributed by atoms with Crippen LogP contribution >= 0.6 is 11.3 Å². The molecule has 0 saturated carbocycles. The van der Waals surface area contributed by atoms with Gasteiger partial charge in [0.25, 0.3) is 0 Å². The molecule has 1 unspecified atom stereocenters. The molecule has 0 bridgehead atoms. The molecule has 1 heterocycles. The fraction of sp³-hybridized carbons (Fsp3) is 0.692. The van der Waals surface area contributed by atoms with Crippen LogP contribution in [0.2, 0.25) is 0 Å². The zero-order valence-electron chi connectivity index (χ0n) is 10.6. The molecule has 1 rings (SSSR count). The van der Waals surface area contributed by atoms with Gasteiger partial charge in [0.2, 0.25) is 0 Å². The Morgan fingerprint density at radius 3 is 2.69 bits per heavy atom. The maximum atomic E-state index is 5.80. The number of hydrogen-bond donors (Lipinski definition) is 2. The van der Waals surface area contributed by atoms with Crippen molar-refractivity contribution >= 4 is 11.3 Å². The van der Waals surface area contributed by atoms with E-state index in [2.05, 4.69) is 43.6 Å². The fourth-order valence-electron chi connectivity index (χ4n) is 1.92. The predicted octanol–water partition coefficient (Wildman–Crippen LogP) is 2.85. The monoisotopic (exact) mass is 240 g/mol. The molecule has 0 aliphatic carbocycles. The SMILES string of the molecule is CC(C)(C)CC(CN)CNCc1cccs1. The van der Waals surface area contributed by atoms with Gasteiger partial charge in [-0.1, -0.05) is 26.8 Å². The normalized spacial score (nSPS) is 14.0. The van der Waals surface area contributed by atoms with E-state index in [0.29, 0.717) is 11.3 Å². The zero-order chi connectivity index (χ0) is 12.0. The summed E-state index contributed by atoms with van der Waals surface area (Å²) in [7, 11) is 0. The second kappa shape index (κ2) is 6.38. The summed E-state index contributed by atoms with van der Waals surface area (Å²) in [5.74, 6) is 0.583. The second-order valence-corrected chi connectivity index (χ2v) is 6.61. The van der Waals surface area contributed by atoms with Crippen molar-refractivity contribution in [1.29, 1.82) is 0 Å². The molecule has 0 radical (unpaired) electrons. The van der Waals surface area contributed by atoms with Gasteiger partial charge >= 0.3 is 0 Å². The first-order valence-electron chi connectivity index (χ1n) is 5.94. The van der Waals surface area contributed by atoms with Crippen molar-refractivity contribution in [1.82, 2.24) is 5.32 Å². The van der Waals surface area contributed by atoms with E-state index >= 15 is 0 Å². The Kier molecular flexibility index (Phi) is 5.46. The quantitative estimate of drug-likeness (QED) is 0.802. The van der Waals surface area contributed by atoms with E-state index in [4.69, 9.17) is 5.73 Å². The molecule has 0 aliphatic heterocycles. The molecule has 3 N–H and O–H groups in total. The predicted molar refractivity (Wildman–Crippen MR) is 72.6 cm³/mol. The highest BCUT2D eigenvalue weighted by molar-refractivity contribution is 7.09. The lowest BCUT2D eigenvalue weighted by atomic mass is 9.84. The molecule has 3 heteroatoms. The van der Waals surface area contributed by atoms with E-state index in [1.54, 1.807) is 11.3 Å². The highest BCUT2D eigenvalue weighted by atomic mass is 32.1. The Hall–Kier alpha value is -0.380. The van der Waals surface area contributed by atoms with Crippen LogP contribution < -0.4 is 11.1 Å². The smallest absolute Gasteiger partial charge is 0.0299 e. The number of hydrogen-bond acceptors (Lipinski definition) is 3. The summed E-state index contributed by atoms with van der Waals surface area (Å²) in [6, 6.07) is 4.26. The van der Waals surface area contributed by atoms with Crippen LogP contribution in [0.3, 0.4) is 0 Å². The molecule has 0 amide bonds. The first-order valence-corrected chi connectivity index (χ1v) is 6.82. The molecule has 0 aromatic carbocycles. The standard InChI is InChI=1S/C13H24N2S/c1-13(2,3)7-11(8-14)9-15-10-12-5-4-6-16-12/h4-6,11,15H,7-10,14H2,1-3H3. The van der Waals surface area contributed by atoms with Crippen molar-refractivity contribution in [3.8, 4) is 0 Å². The molecule has 1 aromatic heterocycles. The van der Waals surface area contributed by atoms with Crippen LogP contribution in [-0.4, -0.2) is 13.1 Å². The van der Waals surface area contributed by atoms with Gasteiger partial charge in [0.1, 0.15) is 0 Å². The number of nitrogens with one attached hydrogen (secondary N) is 1. The van der Waals surface area contributed by atoms with Crippen molar-refractivity contribution < 1.29 is 0 Å². The van der Waals surface area contributed by atoms with Crippen LogP contribution in [0.25, 0.3) is 0 Å². The van der Waals surface area contributed by atoms with Gasteiger partial charge in [-0.05, 0) is 42.3 Å². The molecule has 0 spiro atoms. The summed E-state index contributed by atoms with van der Waals surface area (Å²) in [6.45, 7) is 9.58. The Morgan fingerprint density at radius 1 is 1.44 bits per heavy atom. The van der Waals surface area contributed by atoms with Crippen molar-refractivity contribution in [3.63, 3.8) is 0 Å². The minimum Gasteiger partial charge on any atom is -0.330 e. The van der Waals surface area contributed by atoms with Gasteiger partial charge in [-0.2, -0.15) is 0 Å². The summed E-state index contributed by atoms with van der Waals surface area (Å²) in [6.07, 6.45) is 1.18. The van der Waals surface area contributed by atoms with Gasteiger partial charge in [-0.3, -0.25) is 0 Å². The topological polar surface area (TPSA) is 38.0 Å². The Labute approximate surface area is 103 Å². The van der Waals surface area contributed by atoms with Crippen LogP contribution in [0.15, 0.2) is 17.5 Å². The highest BCUT2D eigenvalue weighted by Gasteiger charge is 2.17. The van der Waals surface area contributed by atoms with Gasteiger partial charge in [0, 0.05) is 11.4 Å². The fourth-order valence-corrected chi connectivity index (χ4v) is 2.59. The molecule has 1 atom stereocenters. The molecule has 1 aromatic rings. The van der Waals surface area contributed by atoms with Gasteiger partial charge in [-0.25, -0.2) is 0 Å². The van der Waals surface area contributed by atoms with Crippen molar-refractivity contribution in [3.05, 3.63) is 22.4 Å². The maximum Gasteiger partial charge on any atom is 0.0299 e. The average Bonchev–Trinajstić information content (AvgIpc) is 2.67. The minimum atomic E-state index is 0.370. The van der Waals surface area contributed by atoms with Crippen LogP contribution in [0, 0.1) is 11.3 Å². The van der Waals surface area contributed by atoms with Crippen LogP contribution in [0.1, 0.15) is 32.1 Å². The lowest BCUT2D eigenvalue weighted by molar-refractivity contribution is 0.290. The van der Waals surface area contributed by atoms with Crippen LogP contribution in [-0.2, 0) is 6.54 Å². The van der Waals surface area contributed by atoms with Gasteiger partial charge < -0.3 is 11.1 Å². The van der Waals surface area contributed by atoms with Crippen molar-refractivity contribution in [2.45, 2.75) is 33.7 Å². The number of nitrogens with two attached hydrogens (primary N) is 1. The first-order chi connectivity index (χ1) is 7.51. The number of thiophene rings is 1. The highest BCUT2D eigenvalue weighted by Crippen LogP contribution is 2.23. The summed E-state index contributed by atoms with van der Waals surface area (Å²) in [4.78, 5) is 1.39. The van der Waals surface area contributed by atoms with E-state index < -0.39 is 0 Å². The lowest BCUT2D eigenvalue weighted by Gasteiger charge is -2.25. The van der Waals surface area contributed by atoms with Crippen LogP contribution in [0.4, 0.5) is 0 Å². The number of rotatable bonds is 6. The molecule has 2 nitrogen and oxygen atoms in total. The maximum absolute atomic E-state index is 5.80. The van der Waals surface area contributed by atoms with E-state index in [1.165, 1.54) is 11.3 Å². The summed E-state index contributed by atoms with van der Waals surface area (Å²) in [5.41, 5.74) is 6.17. The summed E-state index contributed by atoms with van der Waals surface area (Å²) in [5, 5.41) is 5.61. The van der Waals surface area contributed by atoms with Gasteiger partial charge in [0.15, 0.2) is 0 Å². The van der Waals surface area contributed by atoms with E-state index in [0.717, 1.165) is 19.6 Å². The third-order valence-electron chi connectivity index (χ3n) is 2.55. The molecule has 16 heavy (non-hydrogen) atoms. The average molecular weight is 240 g/mol. The van der Waals surface area contributed by atoms with Crippen molar-refractivity contribution in [2.75, 3.05) is 13.1 Å². The van der Waals surface area contributed by atoms with Gasteiger partial charge in [-0.15, -0.1) is 11.3 Å². The van der Waals surface area contributed by atoms with Crippen LogP contribution in [0.5, 0.6) is 0 Å². The first kappa shape index (κ1) is 13.7. The van der Waals surface area contributed by atoms with E-state index in [9.17, 15) is 0 Å². The van der Waals surface area contributed by atoms with Gasteiger partial charge in [0.05, 0.1) is 0 Å². The summed E-state index contributed by atoms with van der Waals surface area (Å²) < 4.78 is 0. The molecule has 92 valence electrons. The Balaban J connectivity index is 2.24. The Morgan fingerprint density at radius 2 is 2.19 bits per heavy atom. The minimum absolute atomic E-state index is 0.370. The van der Waals surface area contributed by atoms with E-state index in [1.807, 2.05) is 0 Å². The third-order valence-corrected chi connectivity index (χ3v) is 3.42. The molecule has 0 fully saturated rings. The van der Waals surface area contributed by atoms with Crippen molar-refractivity contribution in [2.24, 2.45) is 17.1 Å². The molecular weight excluding hydrogens is 216 g/mol. The van der Waals surface area contributed by atoms with E-state index in [-0.39, 0.29) is 0 Å². The second-order valence-electron chi connectivity index (χ2n) is 5.58. The summed E-state index contributed by atoms with van der Waals surface area (Å²) >= 11 is 1.80. The molecule has 0 saturated heterocycles. The zero-order valence-corrected chi connectivity index (χ0v) is 11.4. The molecular formula is C13H24N2S. The third kappa shape index (κ3) is 5.64. The lowest BCUT2D eigenvalue weighted by Crippen LogP contribution is -2.30. The largest absolute Gasteiger partial charge is 0.330 e.